The normalized spacial score (nSPS) is 18.1. The lowest BCUT2D eigenvalue weighted by Crippen LogP contribution is -2.11. The Morgan fingerprint density at radius 2 is 1.29 bits per heavy atom. The van der Waals surface area contributed by atoms with Crippen molar-refractivity contribution in [3.05, 3.63) is 107 Å². The van der Waals surface area contributed by atoms with Crippen LogP contribution in [0.4, 0.5) is 0 Å². The van der Waals surface area contributed by atoms with E-state index in [-0.39, 0.29) is 5.41 Å². The van der Waals surface area contributed by atoms with Crippen molar-refractivity contribution in [2.24, 2.45) is 0 Å². The van der Waals surface area contributed by atoms with Crippen LogP contribution in [0.3, 0.4) is 0 Å². The van der Waals surface area contributed by atoms with E-state index in [1.807, 2.05) is 24.3 Å². The van der Waals surface area contributed by atoms with Crippen LogP contribution in [0, 0.1) is 0 Å². The predicted molar refractivity (Wildman–Crippen MR) is 94.4 cm³/mol. The molecule has 1 N–H and O–H groups in total. The van der Waals surface area contributed by atoms with Gasteiger partial charge in [-0.1, -0.05) is 72.8 Å². The zero-order chi connectivity index (χ0) is 16.6. The number of carboxylic acid groups (broad SMARTS) is 1. The van der Waals surface area contributed by atoms with Crippen molar-refractivity contribution in [1.82, 2.24) is 0 Å². The summed E-state index contributed by atoms with van der Waals surface area (Å²) in [5.74, 6) is -0.500. The van der Waals surface area contributed by atoms with Crippen molar-refractivity contribution in [2.45, 2.75) is 17.8 Å². The molecule has 3 aromatic rings. The molecule has 0 aromatic heterocycles. The quantitative estimate of drug-likeness (QED) is 0.747. The zero-order valence-electron chi connectivity index (χ0n) is 13.2. The first-order valence-corrected chi connectivity index (χ1v) is 8.16. The molecule has 2 nitrogen and oxygen atoms in total. The summed E-state index contributed by atoms with van der Waals surface area (Å²) in [4.78, 5) is 11.1. The molecule has 0 radical (unpaired) electrons. The van der Waals surface area contributed by atoms with Gasteiger partial charge in [0.2, 0.25) is 0 Å². The molecule has 0 amide bonds. The molecule has 3 aromatic carbocycles. The Kier molecular flexibility index (Phi) is 3.46. The average Bonchev–Trinajstić information content (AvgIpc) is 3.40. The van der Waals surface area contributed by atoms with Gasteiger partial charge in [-0.25, -0.2) is 4.79 Å². The van der Waals surface area contributed by atoms with Crippen LogP contribution in [-0.4, -0.2) is 11.1 Å². The van der Waals surface area contributed by atoms with Gasteiger partial charge in [0, 0.05) is 5.41 Å². The highest BCUT2D eigenvalue weighted by molar-refractivity contribution is 5.87. The standard InChI is InChI=1S/C22H18O2/c23-21(24)17-13-11-16(12-14-17)20-15-22(20,18-7-3-1-4-8-18)19-9-5-2-6-10-19/h1-14,20H,15H2,(H,23,24)/t20-/m0/s1. The first kappa shape index (κ1) is 14.7. The minimum Gasteiger partial charge on any atom is -0.478 e. The van der Waals surface area contributed by atoms with Gasteiger partial charge in [-0.3, -0.25) is 0 Å². The molecule has 0 bridgehead atoms. The third kappa shape index (κ3) is 2.31. The van der Waals surface area contributed by atoms with Crippen molar-refractivity contribution in [3.8, 4) is 0 Å². The van der Waals surface area contributed by atoms with E-state index in [0.29, 0.717) is 11.5 Å². The molecule has 1 atom stereocenters. The van der Waals surface area contributed by atoms with Crippen LogP contribution >= 0.6 is 0 Å². The number of hydrogen-bond donors (Lipinski definition) is 1. The second kappa shape index (κ2) is 5.64. The number of carboxylic acids is 1. The SMILES string of the molecule is O=C(O)c1ccc([C@@H]2CC2(c2ccccc2)c2ccccc2)cc1. The highest BCUT2D eigenvalue weighted by Gasteiger charge is 2.56. The van der Waals surface area contributed by atoms with Crippen LogP contribution < -0.4 is 0 Å². The van der Waals surface area contributed by atoms with Crippen molar-refractivity contribution in [2.75, 3.05) is 0 Å². The van der Waals surface area contributed by atoms with Gasteiger partial charge in [0.05, 0.1) is 5.56 Å². The van der Waals surface area contributed by atoms with Crippen LogP contribution in [0.2, 0.25) is 0 Å². The van der Waals surface area contributed by atoms with Crippen LogP contribution in [-0.2, 0) is 5.41 Å². The minimum atomic E-state index is -0.880. The Balaban J connectivity index is 1.76. The monoisotopic (exact) mass is 314 g/mol. The van der Waals surface area contributed by atoms with E-state index in [2.05, 4.69) is 48.5 Å². The smallest absolute Gasteiger partial charge is 0.335 e. The maximum atomic E-state index is 11.1. The van der Waals surface area contributed by atoms with E-state index in [4.69, 9.17) is 5.11 Å². The Morgan fingerprint density at radius 3 is 1.75 bits per heavy atom. The fourth-order valence-electron chi connectivity index (χ4n) is 3.80. The molecule has 0 saturated heterocycles. The van der Waals surface area contributed by atoms with Gasteiger partial charge in [-0.2, -0.15) is 0 Å². The third-order valence-corrected chi connectivity index (χ3v) is 5.10. The molecule has 1 aliphatic rings. The first-order chi connectivity index (χ1) is 11.7. The van der Waals surface area contributed by atoms with E-state index < -0.39 is 5.97 Å². The van der Waals surface area contributed by atoms with Gasteiger partial charge < -0.3 is 5.11 Å². The number of aromatic carboxylic acids is 1. The molecular weight excluding hydrogens is 296 g/mol. The summed E-state index contributed by atoms with van der Waals surface area (Å²) in [7, 11) is 0. The number of hydrogen-bond acceptors (Lipinski definition) is 1. The second-order valence-electron chi connectivity index (χ2n) is 6.39. The largest absolute Gasteiger partial charge is 0.478 e. The summed E-state index contributed by atoms with van der Waals surface area (Å²) in [6.45, 7) is 0. The molecule has 2 heteroatoms. The van der Waals surface area contributed by atoms with Crippen LogP contribution in [0.25, 0.3) is 0 Å². The Bertz CT molecular complexity index is 812. The van der Waals surface area contributed by atoms with E-state index in [0.717, 1.165) is 6.42 Å². The molecule has 1 fully saturated rings. The number of carbonyl (C=O) groups is 1. The lowest BCUT2D eigenvalue weighted by molar-refractivity contribution is 0.0697. The maximum absolute atomic E-state index is 11.1. The molecule has 0 spiro atoms. The van der Waals surface area contributed by atoms with Gasteiger partial charge in [0.15, 0.2) is 0 Å². The summed E-state index contributed by atoms with van der Waals surface area (Å²) in [6, 6.07) is 28.5. The lowest BCUT2D eigenvalue weighted by Gasteiger charge is -2.19. The summed E-state index contributed by atoms with van der Waals surface area (Å²) in [5, 5.41) is 9.09. The third-order valence-electron chi connectivity index (χ3n) is 5.10. The van der Waals surface area contributed by atoms with Crippen molar-refractivity contribution in [3.63, 3.8) is 0 Å². The molecule has 0 aliphatic heterocycles. The second-order valence-corrected chi connectivity index (χ2v) is 6.39. The minimum absolute atomic E-state index is 0.00669. The Hall–Kier alpha value is -2.87. The average molecular weight is 314 g/mol. The van der Waals surface area contributed by atoms with Crippen molar-refractivity contribution in [1.29, 1.82) is 0 Å². The number of rotatable bonds is 4. The van der Waals surface area contributed by atoms with Crippen LogP contribution in [0.5, 0.6) is 0 Å². The van der Waals surface area contributed by atoms with Crippen LogP contribution in [0.1, 0.15) is 39.4 Å². The number of benzene rings is 3. The molecule has 118 valence electrons. The topological polar surface area (TPSA) is 37.3 Å². The van der Waals surface area contributed by atoms with Gasteiger partial charge in [-0.15, -0.1) is 0 Å². The summed E-state index contributed by atoms with van der Waals surface area (Å²) >= 11 is 0. The van der Waals surface area contributed by atoms with Crippen LogP contribution in [0.15, 0.2) is 84.9 Å². The van der Waals surface area contributed by atoms with E-state index in [9.17, 15) is 4.79 Å². The molecule has 4 rings (SSSR count). The first-order valence-electron chi connectivity index (χ1n) is 8.16. The summed E-state index contributed by atoms with van der Waals surface area (Å²) < 4.78 is 0. The van der Waals surface area contributed by atoms with E-state index >= 15 is 0 Å². The summed E-state index contributed by atoms with van der Waals surface area (Å²) in [6.07, 6.45) is 1.05. The molecule has 1 saturated carbocycles. The Labute approximate surface area is 141 Å². The fraction of sp³-hybridized carbons (Fsp3) is 0.136. The highest BCUT2D eigenvalue weighted by Crippen LogP contribution is 2.64. The summed E-state index contributed by atoms with van der Waals surface area (Å²) in [5.41, 5.74) is 4.18. The van der Waals surface area contributed by atoms with E-state index in [1.54, 1.807) is 12.1 Å². The van der Waals surface area contributed by atoms with E-state index in [1.165, 1.54) is 16.7 Å². The zero-order valence-corrected chi connectivity index (χ0v) is 13.2. The lowest BCUT2D eigenvalue weighted by atomic mass is 9.84. The Morgan fingerprint density at radius 1 is 0.792 bits per heavy atom. The highest BCUT2D eigenvalue weighted by atomic mass is 16.4. The fourth-order valence-corrected chi connectivity index (χ4v) is 3.80. The molecular formula is C22H18O2. The van der Waals surface area contributed by atoms with Gasteiger partial charge in [0.25, 0.3) is 0 Å². The van der Waals surface area contributed by atoms with Crippen molar-refractivity contribution < 1.29 is 9.90 Å². The maximum Gasteiger partial charge on any atom is 0.335 e. The van der Waals surface area contributed by atoms with Gasteiger partial charge in [0.1, 0.15) is 0 Å². The molecule has 24 heavy (non-hydrogen) atoms. The van der Waals surface area contributed by atoms with Gasteiger partial charge >= 0.3 is 5.97 Å². The molecule has 0 heterocycles. The molecule has 1 aliphatic carbocycles. The van der Waals surface area contributed by atoms with Gasteiger partial charge in [-0.05, 0) is 41.2 Å². The van der Waals surface area contributed by atoms with Crippen molar-refractivity contribution >= 4 is 5.97 Å². The molecule has 0 unspecified atom stereocenters. The predicted octanol–water partition coefficient (Wildman–Crippen LogP) is 4.86.